The molecule has 0 spiro atoms. The second-order valence-electron chi connectivity index (χ2n) is 8.82. The van der Waals surface area contributed by atoms with Crippen LogP contribution >= 0.6 is 0 Å². The fraction of sp³-hybridized carbons (Fsp3) is 0.250. The van der Waals surface area contributed by atoms with Crippen LogP contribution in [0.1, 0.15) is 34.6 Å². The minimum Gasteiger partial charge on any atom is -0.342 e. The van der Waals surface area contributed by atoms with Crippen molar-refractivity contribution in [3.05, 3.63) is 102 Å². The molecule has 0 saturated carbocycles. The number of ketones is 1. The molecule has 0 atom stereocenters. The quantitative estimate of drug-likeness (QED) is 0.389. The van der Waals surface area contributed by atoms with Crippen LogP contribution in [-0.2, 0) is 17.8 Å². The molecule has 3 aromatic carbocycles. The summed E-state index contributed by atoms with van der Waals surface area (Å²) < 4.78 is 15.3. The SMILES string of the molecule is O=C(c1nc2ccccc2n1Cc1ccc(F)cc1)C1CCN(C(=O)Cc2ccccc2)CC1. The Morgan fingerprint density at radius 1 is 0.853 bits per heavy atom. The van der Waals surface area contributed by atoms with Crippen molar-refractivity contribution in [2.45, 2.75) is 25.8 Å². The molecular formula is C28H26FN3O2. The minimum atomic E-state index is -0.288. The maximum Gasteiger partial charge on any atom is 0.226 e. The lowest BCUT2D eigenvalue weighted by molar-refractivity contribution is -0.131. The maximum absolute atomic E-state index is 13.6. The van der Waals surface area contributed by atoms with Crippen molar-refractivity contribution in [2.75, 3.05) is 13.1 Å². The van der Waals surface area contributed by atoms with Crippen LogP contribution in [0.3, 0.4) is 0 Å². The predicted molar refractivity (Wildman–Crippen MR) is 129 cm³/mol. The van der Waals surface area contributed by atoms with E-state index in [-0.39, 0.29) is 23.4 Å². The van der Waals surface area contributed by atoms with Gasteiger partial charge in [0, 0.05) is 25.6 Å². The van der Waals surface area contributed by atoms with Gasteiger partial charge in [-0.3, -0.25) is 9.59 Å². The molecule has 1 aliphatic heterocycles. The minimum absolute atomic E-state index is 0.00784. The summed E-state index contributed by atoms with van der Waals surface area (Å²) in [5.41, 5.74) is 3.55. The summed E-state index contributed by atoms with van der Waals surface area (Å²) in [5.74, 6) is 0.0716. The molecule has 172 valence electrons. The molecule has 0 bridgehead atoms. The molecule has 5 rings (SSSR count). The predicted octanol–water partition coefficient (Wildman–Crippen LogP) is 4.89. The first kappa shape index (κ1) is 22.0. The van der Waals surface area contributed by atoms with Gasteiger partial charge in [0.1, 0.15) is 5.82 Å². The molecule has 5 nitrogen and oxygen atoms in total. The first-order valence-corrected chi connectivity index (χ1v) is 11.6. The van der Waals surface area contributed by atoms with E-state index in [4.69, 9.17) is 0 Å². The molecule has 0 aliphatic carbocycles. The van der Waals surface area contributed by atoms with Crippen molar-refractivity contribution < 1.29 is 14.0 Å². The Hall–Kier alpha value is -3.80. The number of halogens is 1. The number of rotatable bonds is 6. The fourth-order valence-electron chi connectivity index (χ4n) is 4.65. The summed E-state index contributed by atoms with van der Waals surface area (Å²) in [4.78, 5) is 32.8. The summed E-state index contributed by atoms with van der Waals surface area (Å²) in [6.07, 6.45) is 1.63. The molecule has 1 saturated heterocycles. The number of aromatic nitrogens is 2. The fourth-order valence-corrected chi connectivity index (χ4v) is 4.65. The van der Waals surface area contributed by atoms with Gasteiger partial charge in [0.05, 0.1) is 17.5 Å². The number of hydrogen-bond acceptors (Lipinski definition) is 3. The van der Waals surface area contributed by atoms with E-state index in [0.29, 0.717) is 44.7 Å². The van der Waals surface area contributed by atoms with E-state index in [1.165, 1.54) is 12.1 Å². The number of nitrogens with zero attached hydrogens (tertiary/aromatic N) is 3. The van der Waals surface area contributed by atoms with Crippen LogP contribution in [0.4, 0.5) is 4.39 Å². The zero-order chi connectivity index (χ0) is 23.5. The van der Waals surface area contributed by atoms with Gasteiger partial charge in [0.25, 0.3) is 0 Å². The first-order valence-electron chi connectivity index (χ1n) is 11.6. The summed E-state index contributed by atoms with van der Waals surface area (Å²) in [6, 6.07) is 23.7. The largest absolute Gasteiger partial charge is 0.342 e. The normalized spacial score (nSPS) is 14.4. The zero-order valence-electron chi connectivity index (χ0n) is 18.9. The van der Waals surface area contributed by atoms with Crippen molar-refractivity contribution in [3.8, 4) is 0 Å². The molecule has 6 heteroatoms. The second kappa shape index (κ2) is 9.59. The molecule has 1 aromatic heterocycles. The number of para-hydroxylation sites is 2. The monoisotopic (exact) mass is 455 g/mol. The Morgan fingerprint density at radius 2 is 1.53 bits per heavy atom. The van der Waals surface area contributed by atoms with E-state index in [1.807, 2.05) is 64.1 Å². The molecule has 4 aromatic rings. The third-order valence-corrected chi connectivity index (χ3v) is 6.55. The molecule has 1 aliphatic rings. The van der Waals surface area contributed by atoms with Crippen LogP contribution in [0, 0.1) is 11.7 Å². The molecular weight excluding hydrogens is 429 g/mol. The number of Topliss-reactive ketones (excluding diaryl/α,β-unsaturated/α-hetero) is 1. The highest BCUT2D eigenvalue weighted by Crippen LogP contribution is 2.25. The van der Waals surface area contributed by atoms with Crippen LogP contribution in [0.2, 0.25) is 0 Å². The van der Waals surface area contributed by atoms with Gasteiger partial charge in [0.2, 0.25) is 11.7 Å². The Kier molecular flexibility index (Phi) is 6.21. The van der Waals surface area contributed by atoms with Gasteiger partial charge < -0.3 is 9.47 Å². The lowest BCUT2D eigenvalue weighted by Gasteiger charge is -2.31. The molecule has 1 amide bonds. The number of carbonyl (C=O) groups excluding carboxylic acids is 2. The molecule has 0 N–H and O–H groups in total. The average molecular weight is 456 g/mol. The highest BCUT2D eigenvalue weighted by atomic mass is 19.1. The average Bonchev–Trinajstić information content (AvgIpc) is 3.24. The Bertz CT molecular complexity index is 1310. The van der Waals surface area contributed by atoms with Crippen LogP contribution in [0.5, 0.6) is 0 Å². The Morgan fingerprint density at radius 3 is 2.26 bits per heavy atom. The van der Waals surface area contributed by atoms with Crippen LogP contribution in [0.25, 0.3) is 11.0 Å². The van der Waals surface area contributed by atoms with Crippen LogP contribution in [0.15, 0.2) is 78.9 Å². The van der Waals surface area contributed by atoms with Gasteiger partial charge in [-0.05, 0) is 48.2 Å². The topological polar surface area (TPSA) is 55.2 Å². The second-order valence-corrected chi connectivity index (χ2v) is 8.82. The van der Waals surface area contributed by atoms with E-state index < -0.39 is 0 Å². The Labute approximate surface area is 197 Å². The third-order valence-electron chi connectivity index (χ3n) is 6.55. The summed E-state index contributed by atoms with van der Waals surface area (Å²) in [6.45, 7) is 1.58. The summed E-state index contributed by atoms with van der Waals surface area (Å²) in [5, 5.41) is 0. The number of carbonyl (C=O) groups is 2. The van der Waals surface area contributed by atoms with Gasteiger partial charge in [-0.2, -0.15) is 0 Å². The Balaban J connectivity index is 1.32. The zero-order valence-corrected chi connectivity index (χ0v) is 18.9. The highest BCUT2D eigenvalue weighted by Gasteiger charge is 2.31. The lowest BCUT2D eigenvalue weighted by atomic mass is 9.91. The number of likely N-dealkylation sites (tertiary alicyclic amines) is 1. The van der Waals surface area contributed by atoms with Crippen molar-refractivity contribution in [2.24, 2.45) is 5.92 Å². The van der Waals surface area contributed by atoms with Gasteiger partial charge >= 0.3 is 0 Å². The lowest BCUT2D eigenvalue weighted by Crippen LogP contribution is -2.41. The number of fused-ring (bicyclic) bond motifs is 1. The van der Waals surface area contributed by atoms with E-state index in [1.54, 1.807) is 12.1 Å². The van der Waals surface area contributed by atoms with E-state index in [0.717, 1.165) is 22.2 Å². The number of benzene rings is 3. The van der Waals surface area contributed by atoms with E-state index in [2.05, 4.69) is 4.98 Å². The molecule has 34 heavy (non-hydrogen) atoms. The highest BCUT2D eigenvalue weighted by molar-refractivity contribution is 5.98. The molecule has 0 radical (unpaired) electrons. The number of hydrogen-bond donors (Lipinski definition) is 0. The number of piperidine rings is 1. The van der Waals surface area contributed by atoms with E-state index >= 15 is 0 Å². The smallest absolute Gasteiger partial charge is 0.226 e. The standard InChI is InChI=1S/C28H26FN3O2/c29-23-12-10-21(11-13-23)19-32-25-9-5-4-8-24(25)30-28(32)27(34)22-14-16-31(17-15-22)26(33)18-20-6-2-1-3-7-20/h1-13,22H,14-19H2. The third kappa shape index (κ3) is 4.62. The molecule has 2 heterocycles. The van der Waals surface area contributed by atoms with Gasteiger partial charge in [0.15, 0.2) is 5.82 Å². The number of imidazole rings is 1. The molecule has 0 unspecified atom stereocenters. The van der Waals surface area contributed by atoms with Gasteiger partial charge in [-0.25, -0.2) is 9.37 Å². The molecule has 1 fully saturated rings. The van der Waals surface area contributed by atoms with Crippen molar-refractivity contribution in [3.63, 3.8) is 0 Å². The number of amides is 1. The van der Waals surface area contributed by atoms with Crippen molar-refractivity contribution >= 4 is 22.7 Å². The first-order chi connectivity index (χ1) is 16.6. The van der Waals surface area contributed by atoms with Crippen LogP contribution in [-0.4, -0.2) is 39.2 Å². The maximum atomic E-state index is 13.6. The van der Waals surface area contributed by atoms with Crippen molar-refractivity contribution in [1.29, 1.82) is 0 Å². The van der Waals surface area contributed by atoms with Crippen molar-refractivity contribution in [1.82, 2.24) is 14.5 Å². The van der Waals surface area contributed by atoms with Gasteiger partial charge in [-0.15, -0.1) is 0 Å². The van der Waals surface area contributed by atoms with Crippen LogP contribution < -0.4 is 0 Å². The summed E-state index contributed by atoms with van der Waals surface area (Å²) >= 11 is 0. The van der Waals surface area contributed by atoms with Gasteiger partial charge in [-0.1, -0.05) is 54.6 Å². The summed E-state index contributed by atoms with van der Waals surface area (Å²) in [7, 11) is 0. The van der Waals surface area contributed by atoms with E-state index in [9.17, 15) is 14.0 Å².